The average Bonchev–Trinajstić information content (AvgIpc) is 3.02. The van der Waals surface area contributed by atoms with Gasteiger partial charge in [-0.15, -0.1) is 0 Å². The van der Waals surface area contributed by atoms with Crippen LogP contribution < -0.4 is 15.0 Å². The molecule has 0 bridgehead atoms. The molecule has 33 heavy (non-hydrogen) atoms. The molecule has 0 aliphatic carbocycles. The number of methoxy groups -OCH3 is 1. The summed E-state index contributed by atoms with van der Waals surface area (Å²) in [6, 6.07) is 13.0. The number of nitrogens with zero attached hydrogens (tertiary/aromatic N) is 1. The molecule has 0 atom stereocenters. The zero-order valence-corrected chi connectivity index (χ0v) is 18.8. The van der Waals surface area contributed by atoms with Gasteiger partial charge in [-0.3, -0.25) is 9.59 Å². The van der Waals surface area contributed by atoms with E-state index in [0.717, 1.165) is 28.2 Å². The number of hydrogen-bond acceptors (Lipinski definition) is 4. The molecule has 0 spiro atoms. The molecule has 0 fully saturated rings. The Kier molecular flexibility index (Phi) is 5.91. The Morgan fingerprint density at radius 2 is 1.64 bits per heavy atom. The molecule has 0 radical (unpaired) electrons. The van der Waals surface area contributed by atoms with E-state index >= 15 is 0 Å². The SMILES string of the molecule is COc1ccc(Cl)cc1NC1=C(c2ccc(C)c(C)c2)C(=O)N(c2ccc(F)c(F)c2)C1=O. The summed E-state index contributed by atoms with van der Waals surface area (Å²) >= 11 is 6.12. The van der Waals surface area contributed by atoms with Gasteiger partial charge >= 0.3 is 0 Å². The highest BCUT2D eigenvalue weighted by atomic mass is 35.5. The first-order valence-corrected chi connectivity index (χ1v) is 10.4. The van der Waals surface area contributed by atoms with Crippen LogP contribution in [0.5, 0.6) is 5.75 Å². The van der Waals surface area contributed by atoms with Crippen LogP contribution in [0.15, 0.2) is 60.3 Å². The van der Waals surface area contributed by atoms with Gasteiger partial charge in [0.25, 0.3) is 11.8 Å². The van der Waals surface area contributed by atoms with Crippen LogP contribution in [0, 0.1) is 25.5 Å². The van der Waals surface area contributed by atoms with Crippen molar-refractivity contribution in [1.29, 1.82) is 0 Å². The predicted octanol–water partition coefficient (Wildman–Crippen LogP) is 5.64. The largest absolute Gasteiger partial charge is 0.495 e. The molecule has 5 nitrogen and oxygen atoms in total. The van der Waals surface area contributed by atoms with Crippen molar-refractivity contribution in [1.82, 2.24) is 0 Å². The maximum atomic E-state index is 13.9. The number of ether oxygens (including phenoxy) is 1. The Labute approximate surface area is 194 Å². The summed E-state index contributed by atoms with van der Waals surface area (Å²) < 4.78 is 32.7. The first kappa shape index (κ1) is 22.5. The fourth-order valence-electron chi connectivity index (χ4n) is 3.58. The fraction of sp³-hybridized carbons (Fsp3) is 0.120. The molecule has 0 unspecified atom stereocenters. The molecule has 1 heterocycles. The van der Waals surface area contributed by atoms with Gasteiger partial charge in [0.1, 0.15) is 11.4 Å². The lowest BCUT2D eigenvalue weighted by Crippen LogP contribution is -2.32. The Hall–Kier alpha value is -3.71. The van der Waals surface area contributed by atoms with Crippen molar-refractivity contribution in [2.75, 3.05) is 17.3 Å². The number of imide groups is 1. The Morgan fingerprint density at radius 1 is 0.879 bits per heavy atom. The van der Waals surface area contributed by atoms with Crippen LogP contribution >= 0.6 is 11.6 Å². The number of hydrogen-bond donors (Lipinski definition) is 1. The Morgan fingerprint density at radius 3 is 2.30 bits per heavy atom. The first-order chi connectivity index (χ1) is 15.7. The monoisotopic (exact) mass is 468 g/mol. The van der Waals surface area contributed by atoms with E-state index in [2.05, 4.69) is 5.32 Å². The highest BCUT2D eigenvalue weighted by molar-refractivity contribution is 6.46. The second-order valence-corrected chi connectivity index (χ2v) is 8.00. The third-order valence-electron chi connectivity index (χ3n) is 5.46. The van der Waals surface area contributed by atoms with Crippen molar-refractivity contribution in [3.8, 4) is 5.75 Å². The van der Waals surface area contributed by atoms with Gasteiger partial charge in [-0.05, 0) is 60.9 Å². The molecular formula is C25H19ClF2N2O3. The minimum atomic E-state index is -1.17. The molecule has 1 aliphatic heterocycles. The van der Waals surface area contributed by atoms with Gasteiger partial charge in [-0.1, -0.05) is 29.8 Å². The number of rotatable bonds is 5. The van der Waals surface area contributed by atoms with Crippen LogP contribution in [0.25, 0.3) is 5.57 Å². The highest BCUT2D eigenvalue weighted by Gasteiger charge is 2.41. The molecule has 0 saturated heterocycles. The normalized spacial score (nSPS) is 13.7. The molecule has 168 valence electrons. The van der Waals surface area contributed by atoms with Gasteiger partial charge in [-0.2, -0.15) is 0 Å². The zero-order valence-electron chi connectivity index (χ0n) is 18.0. The van der Waals surface area contributed by atoms with Gasteiger partial charge in [0.15, 0.2) is 11.6 Å². The van der Waals surface area contributed by atoms with E-state index in [1.54, 1.807) is 30.3 Å². The standard InChI is InChI=1S/C25H19ClF2N2O3/c1-13-4-5-15(10-14(13)2)22-23(29-20-11-16(26)6-9-21(20)33-3)25(32)30(24(22)31)17-7-8-18(27)19(28)12-17/h4-12,29H,1-3H3. The van der Waals surface area contributed by atoms with Gasteiger partial charge < -0.3 is 10.1 Å². The molecule has 8 heteroatoms. The van der Waals surface area contributed by atoms with E-state index in [1.807, 2.05) is 19.9 Å². The summed E-state index contributed by atoms with van der Waals surface area (Å²) in [5.74, 6) is -3.24. The number of halogens is 3. The van der Waals surface area contributed by atoms with Gasteiger partial charge in [0, 0.05) is 11.1 Å². The van der Waals surface area contributed by atoms with Crippen molar-refractivity contribution in [2.24, 2.45) is 0 Å². The molecule has 0 aromatic heterocycles. The van der Waals surface area contributed by atoms with Crippen molar-refractivity contribution < 1.29 is 23.1 Å². The number of carbonyl (C=O) groups excluding carboxylic acids is 2. The van der Waals surface area contributed by atoms with Crippen LogP contribution in [0.1, 0.15) is 16.7 Å². The van der Waals surface area contributed by atoms with Crippen LogP contribution in [0.2, 0.25) is 5.02 Å². The maximum Gasteiger partial charge on any atom is 0.282 e. The molecule has 1 N–H and O–H groups in total. The third kappa shape index (κ3) is 4.07. The Balaban J connectivity index is 1.88. The van der Waals surface area contributed by atoms with E-state index in [4.69, 9.17) is 16.3 Å². The average molecular weight is 469 g/mol. The zero-order chi connectivity index (χ0) is 23.9. The smallest absolute Gasteiger partial charge is 0.282 e. The number of benzene rings is 3. The van der Waals surface area contributed by atoms with Crippen molar-refractivity contribution in [3.05, 3.63) is 93.6 Å². The fourth-order valence-corrected chi connectivity index (χ4v) is 3.75. The minimum Gasteiger partial charge on any atom is -0.495 e. The topological polar surface area (TPSA) is 58.6 Å². The summed E-state index contributed by atoms with van der Waals surface area (Å²) in [4.78, 5) is 27.7. The van der Waals surface area contributed by atoms with E-state index in [9.17, 15) is 18.4 Å². The minimum absolute atomic E-state index is 0.0337. The predicted molar refractivity (Wildman–Crippen MR) is 123 cm³/mol. The summed E-state index contributed by atoms with van der Waals surface area (Å²) in [5, 5.41) is 3.37. The highest BCUT2D eigenvalue weighted by Crippen LogP contribution is 2.37. The molecular weight excluding hydrogens is 450 g/mol. The van der Waals surface area contributed by atoms with Crippen LogP contribution in [-0.4, -0.2) is 18.9 Å². The molecule has 3 aromatic carbocycles. The first-order valence-electron chi connectivity index (χ1n) is 9.97. The second-order valence-electron chi connectivity index (χ2n) is 7.56. The number of nitrogens with one attached hydrogen (secondary N) is 1. The lowest BCUT2D eigenvalue weighted by Gasteiger charge is -2.16. The molecule has 3 aromatic rings. The quantitative estimate of drug-likeness (QED) is 0.492. The second kappa shape index (κ2) is 8.67. The molecule has 4 rings (SSSR count). The van der Waals surface area contributed by atoms with E-state index in [-0.39, 0.29) is 17.0 Å². The van der Waals surface area contributed by atoms with Gasteiger partial charge in [-0.25, -0.2) is 13.7 Å². The Bertz CT molecular complexity index is 1340. The summed E-state index contributed by atoms with van der Waals surface area (Å²) in [5.41, 5.74) is 2.79. The summed E-state index contributed by atoms with van der Waals surface area (Å²) in [6.07, 6.45) is 0. The number of amides is 2. The van der Waals surface area contributed by atoms with Crippen molar-refractivity contribution >= 4 is 40.4 Å². The van der Waals surface area contributed by atoms with Crippen LogP contribution in [0.4, 0.5) is 20.2 Å². The molecule has 0 saturated carbocycles. The van der Waals surface area contributed by atoms with E-state index in [0.29, 0.717) is 22.0 Å². The van der Waals surface area contributed by atoms with Crippen molar-refractivity contribution in [2.45, 2.75) is 13.8 Å². The van der Waals surface area contributed by atoms with Gasteiger partial charge in [0.05, 0.1) is 24.1 Å². The molecule has 2 amide bonds. The summed E-state index contributed by atoms with van der Waals surface area (Å²) in [6.45, 7) is 3.82. The lowest BCUT2D eigenvalue weighted by atomic mass is 9.99. The molecule has 1 aliphatic rings. The lowest BCUT2D eigenvalue weighted by molar-refractivity contribution is -0.120. The van der Waals surface area contributed by atoms with E-state index < -0.39 is 23.4 Å². The van der Waals surface area contributed by atoms with Gasteiger partial charge in [0.2, 0.25) is 0 Å². The maximum absolute atomic E-state index is 13.9. The van der Waals surface area contributed by atoms with Crippen LogP contribution in [-0.2, 0) is 9.59 Å². The van der Waals surface area contributed by atoms with Crippen LogP contribution in [0.3, 0.4) is 0 Å². The van der Waals surface area contributed by atoms with E-state index in [1.165, 1.54) is 13.2 Å². The number of carbonyl (C=O) groups is 2. The number of aryl methyl sites for hydroxylation is 2. The van der Waals surface area contributed by atoms with Crippen molar-refractivity contribution in [3.63, 3.8) is 0 Å². The summed E-state index contributed by atoms with van der Waals surface area (Å²) in [7, 11) is 1.46. The number of anilines is 2. The third-order valence-corrected chi connectivity index (χ3v) is 5.70.